The number of esters is 1. The van der Waals surface area contributed by atoms with Crippen molar-refractivity contribution in [3.63, 3.8) is 0 Å². The van der Waals surface area contributed by atoms with E-state index in [2.05, 4.69) is 53.1 Å². The first-order valence-corrected chi connectivity index (χ1v) is 9.76. The van der Waals surface area contributed by atoms with Crippen LogP contribution < -0.4 is 10.6 Å². The number of anilines is 1. The van der Waals surface area contributed by atoms with Gasteiger partial charge in [-0.25, -0.2) is 4.79 Å². The van der Waals surface area contributed by atoms with Crippen LogP contribution in [-0.4, -0.2) is 24.7 Å². The predicted octanol–water partition coefficient (Wildman–Crippen LogP) is 5.20. The zero-order valence-corrected chi connectivity index (χ0v) is 17.1. The summed E-state index contributed by atoms with van der Waals surface area (Å²) in [6.45, 7) is 0.743. The zero-order valence-electron chi connectivity index (χ0n) is 15.5. The van der Waals surface area contributed by atoms with Gasteiger partial charge >= 0.3 is 5.97 Å². The van der Waals surface area contributed by atoms with Gasteiger partial charge in [0.05, 0.1) is 17.7 Å². The van der Waals surface area contributed by atoms with Gasteiger partial charge in [0, 0.05) is 12.2 Å². The fourth-order valence-corrected chi connectivity index (χ4v) is 3.45. The molecular formula is C22H21ClN2O2S. The normalized spacial score (nSPS) is 10.5. The van der Waals surface area contributed by atoms with E-state index in [-0.39, 0.29) is 0 Å². The highest BCUT2D eigenvalue weighted by atomic mass is 35.5. The van der Waals surface area contributed by atoms with Crippen molar-refractivity contribution in [2.45, 2.75) is 12.8 Å². The molecular weight excluding hydrogens is 392 g/mol. The Bertz CT molecular complexity index is 1000. The third kappa shape index (κ3) is 5.00. The summed E-state index contributed by atoms with van der Waals surface area (Å²) in [5.41, 5.74) is 2.31. The van der Waals surface area contributed by atoms with Crippen molar-refractivity contribution in [1.29, 1.82) is 0 Å². The minimum Gasteiger partial charge on any atom is -0.465 e. The molecule has 0 aliphatic rings. The van der Waals surface area contributed by atoms with Crippen LogP contribution in [0.1, 0.15) is 22.3 Å². The van der Waals surface area contributed by atoms with E-state index in [1.807, 2.05) is 0 Å². The van der Waals surface area contributed by atoms with E-state index < -0.39 is 5.97 Å². The Morgan fingerprint density at radius 1 is 1.11 bits per heavy atom. The molecule has 0 bridgehead atoms. The summed E-state index contributed by atoms with van der Waals surface area (Å²) in [5, 5.41) is 9.66. The lowest BCUT2D eigenvalue weighted by Crippen LogP contribution is -2.29. The highest BCUT2D eigenvalue weighted by Gasteiger charge is 2.11. The van der Waals surface area contributed by atoms with Crippen LogP contribution in [-0.2, 0) is 11.2 Å². The van der Waals surface area contributed by atoms with E-state index in [4.69, 9.17) is 28.6 Å². The number of methoxy groups -OCH3 is 1. The first-order chi connectivity index (χ1) is 13.6. The van der Waals surface area contributed by atoms with Gasteiger partial charge in [0.2, 0.25) is 0 Å². The zero-order chi connectivity index (χ0) is 19.9. The molecule has 0 saturated heterocycles. The summed E-state index contributed by atoms with van der Waals surface area (Å²) in [5.74, 6) is -0.484. The van der Waals surface area contributed by atoms with Crippen molar-refractivity contribution in [3.05, 3.63) is 76.8 Å². The monoisotopic (exact) mass is 412 g/mol. The van der Waals surface area contributed by atoms with Gasteiger partial charge in [-0.15, -0.1) is 0 Å². The lowest BCUT2D eigenvalue weighted by molar-refractivity contribution is 0.0601. The molecule has 2 N–H and O–H groups in total. The van der Waals surface area contributed by atoms with Gasteiger partial charge in [0.1, 0.15) is 0 Å². The molecule has 0 saturated carbocycles. The first kappa shape index (κ1) is 20.1. The molecule has 0 unspecified atom stereocenters. The van der Waals surface area contributed by atoms with Crippen LogP contribution in [0.25, 0.3) is 10.8 Å². The molecule has 0 amide bonds. The molecule has 0 fully saturated rings. The molecule has 0 atom stereocenters. The van der Waals surface area contributed by atoms with E-state index in [1.165, 1.54) is 23.4 Å². The Kier molecular flexibility index (Phi) is 6.85. The highest BCUT2D eigenvalue weighted by Crippen LogP contribution is 2.22. The maximum Gasteiger partial charge on any atom is 0.339 e. The number of fused-ring (bicyclic) bond motifs is 1. The summed E-state index contributed by atoms with van der Waals surface area (Å²) in [6.07, 6.45) is 1.91. The van der Waals surface area contributed by atoms with E-state index in [1.54, 1.807) is 18.2 Å². The van der Waals surface area contributed by atoms with Crippen molar-refractivity contribution in [2.75, 3.05) is 19.0 Å². The molecule has 3 aromatic carbocycles. The van der Waals surface area contributed by atoms with Gasteiger partial charge < -0.3 is 15.4 Å². The fourth-order valence-electron chi connectivity index (χ4n) is 3.04. The van der Waals surface area contributed by atoms with Gasteiger partial charge in [-0.05, 0) is 59.6 Å². The number of carbonyl (C=O) groups is 1. The smallest absolute Gasteiger partial charge is 0.339 e. The molecule has 6 heteroatoms. The number of carbonyl (C=O) groups excluding carboxylic acids is 1. The van der Waals surface area contributed by atoms with Crippen molar-refractivity contribution in [1.82, 2.24) is 5.32 Å². The predicted molar refractivity (Wildman–Crippen MR) is 119 cm³/mol. The van der Waals surface area contributed by atoms with Crippen LogP contribution in [0.5, 0.6) is 0 Å². The Hall–Kier alpha value is -2.63. The summed E-state index contributed by atoms with van der Waals surface area (Å²) < 4.78 is 4.73. The third-order valence-corrected chi connectivity index (χ3v) is 4.99. The van der Waals surface area contributed by atoms with Crippen molar-refractivity contribution in [3.8, 4) is 0 Å². The lowest BCUT2D eigenvalue weighted by atomic mass is 10.0. The molecule has 0 spiro atoms. The average Bonchev–Trinajstić information content (AvgIpc) is 2.72. The van der Waals surface area contributed by atoms with Crippen molar-refractivity contribution >= 4 is 51.4 Å². The molecule has 144 valence electrons. The Morgan fingerprint density at radius 3 is 2.71 bits per heavy atom. The van der Waals surface area contributed by atoms with Crippen LogP contribution in [0.2, 0.25) is 5.02 Å². The van der Waals surface area contributed by atoms with Gasteiger partial charge in [0.25, 0.3) is 0 Å². The van der Waals surface area contributed by atoms with Gasteiger partial charge in [0.15, 0.2) is 5.11 Å². The molecule has 3 aromatic rings. The number of hydrogen-bond donors (Lipinski definition) is 2. The second-order valence-electron chi connectivity index (χ2n) is 6.31. The summed E-state index contributed by atoms with van der Waals surface area (Å²) in [6, 6.07) is 19.8. The molecule has 0 aliphatic heterocycles. The second kappa shape index (κ2) is 9.53. The van der Waals surface area contributed by atoms with E-state index in [9.17, 15) is 4.79 Å². The molecule has 3 rings (SSSR count). The number of hydrogen-bond acceptors (Lipinski definition) is 3. The number of thiocarbonyl (C=S) groups is 1. The van der Waals surface area contributed by atoms with E-state index >= 15 is 0 Å². The first-order valence-electron chi connectivity index (χ1n) is 8.98. The quantitative estimate of drug-likeness (QED) is 0.331. The summed E-state index contributed by atoms with van der Waals surface area (Å²) in [4.78, 5) is 11.7. The SMILES string of the molecule is COC(=O)c1cc(NC(=S)NCCCc2cccc3ccccc23)ccc1Cl. The number of nitrogens with one attached hydrogen (secondary N) is 2. The molecule has 0 aromatic heterocycles. The standard InChI is InChI=1S/C22H21ClN2O2S/c1-27-21(26)19-14-17(11-12-20(19)23)25-22(28)24-13-5-9-16-8-4-7-15-6-2-3-10-18(15)16/h2-4,6-8,10-12,14H,5,9,13H2,1H3,(H2,24,25,28). The van der Waals surface area contributed by atoms with Crippen molar-refractivity contribution in [2.24, 2.45) is 0 Å². The second-order valence-corrected chi connectivity index (χ2v) is 7.12. The van der Waals surface area contributed by atoms with Gasteiger partial charge in [-0.1, -0.05) is 54.1 Å². The number of ether oxygens (including phenoxy) is 1. The van der Waals surface area contributed by atoms with Crippen LogP contribution in [0.3, 0.4) is 0 Å². The molecule has 0 radical (unpaired) electrons. The van der Waals surface area contributed by atoms with Crippen molar-refractivity contribution < 1.29 is 9.53 Å². The summed E-state index contributed by atoms with van der Waals surface area (Å²) in [7, 11) is 1.32. The molecule has 28 heavy (non-hydrogen) atoms. The molecule has 0 aliphatic carbocycles. The minimum atomic E-state index is -0.484. The maximum absolute atomic E-state index is 11.7. The molecule has 0 heterocycles. The van der Waals surface area contributed by atoms with Gasteiger partial charge in [-0.3, -0.25) is 0 Å². The highest BCUT2D eigenvalue weighted by molar-refractivity contribution is 7.80. The topological polar surface area (TPSA) is 50.4 Å². The molecule has 4 nitrogen and oxygen atoms in total. The minimum absolute atomic E-state index is 0.299. The van der Waals surface area contributed by atoms with E-state index in [0.29, 0.717) is 21.4 Å². The van der Waals surface area contributed by atoms with E-state index in [0.717, 1.165) is 19.4 Å². The number of halogens is 1. The van der Waals surface area contributed by atoms with Crippen LogP contribution >= 0.6 is 23.8 Å². The van der Waals surface area contributed by atoms with Gasteiger partial charge in [-0.2, -0.15) is 0 Å². The number of aryl methyl sites for hydroxylation is 1. The Balaban J connectivity index is 1.52. The lowest BCUT2D eigenvalue weighted by Gasteiger charge is -2.12. The van der Waals surface area contributed by atoms with Crippen LogP contribution in [0, 0.1) is 0 Å². The fraction of sp³-hybridized carbons (Fsp3) is 0.182. The third-order valence-electron chi connectivity index (χ3n) is 4.42. The maximum atomic E-state index is 11.7. The Labute approximate surface area is 174 Å². The number of benzene rings is 3. The van der Waals surface area contributed by atoms with Crippen LogP contribution in [0.15, 0.2) is 60.7 Å². The summed E-state index contributed by atoms with van der Waals surface area (Å²) >= 11 is 11.4. The van der Waals surface area contributed by atoms with Crippen LogP contribution in [0.4, 0.5) is 5.69 Å². The Morgan fingerprint density at radius 2 is 1.89 bits per heavy atom. The number of rotatable bonds is 6. The largest absolute Gasteiger partial charge is 0.465 e. The average molecular weight is 413 g/mol.